The van der Waals surface area contributed by atoms with E-state index in [0.29, 0.717) is 28.5 Å². The fourth-order valence-electron chi connectivity index (χ4n) is 2.33. The summed E-state index contributed by atoms with van der Waals surface area (Å²) in [5.41, 5.74) is 2.34. The van der Waals surface area contributed by atoms with E-state index in [1.807, 2.05) is 0 Å². The van der Waals surface area contributed by atoms with Gasteiger partial charge in [-0.25, -0.2) is 14.4 Å². The molecule has 0 radical (unpaired) electrons. The van der Waals surface area contributed by atoms with Crippen molar-refractivity contribution in [3.63, 3.8) is 0 Å². The molecule has 1 N–H and O–H groups in total. The molecule has 6 heteroatoms. The smallest absolute Gasteiger partial charge is 0.155 e. The van der Waals surface area contributed by atoms with Gasteiger partial charge in [0.1, 0.15) is 5.82 Å². The van der Waals surface area contributed by atoms with Crippen LogP contribution in [0, 0.1) is 5.82 Å². The zero-order valence-corrected chi connectivity index (χ0v) is 11.7. The lowest BCUT2D eigenvalue weighted by atomic mass is 9.98. The summed E-state index contributed by atoms with van der Waals surface area (Å²) in [5.74, 6) is 0.225. The molecule has 0 amide bonds. The van der Waals surface area contributed by atoms with Crippen molar-refractivity contribution in [2.24, 2.45) is 10.1 Å². The fourth-order valence-corrected chi connectivity index (χ4v) is 2.53. The fraction of sp³-hybridized carbons (Fsp3) is 0.133. The quantitative estimate of drug-likeness (QED) is 0.535. The van der Waals surface area contributed by atoms with E-state index in [1.165, 1.54) is 18.2 Å². The van der Waals surface area contributed by atoms with Crippen LogP contribution in [0.25, 0.3) is 0 Å². The third-order valence-electron chi connectivity index (χ3n) is 3.34. The highest BCUT2D eigenvalue weighted by atomic mass is 35.5. The minimum Gasteiger partial charge on any atom is -0.411 e. The van der Waals surface area contributed by atoms with Crippen molar-refractivity contribution >= 4 is 29.3 Å². The van der Waals surface area contributed by atoms with Crippen LogP contribution in [-0.4, -0.2) is 22.1 Å². The standard InChI is InChI=1S/C15H11ClFN3O/c16-10-1-2-13(17)9(7-10)8-14(20-21)11-3-5-18-15-12(11)4-6-19-15/h1-3,5-7,21H,4,8H2/b20-14+. The van der Waals surface area contributed by atoms with E-state index in [4.69, 9.17) is 11.6 Å². The summed E-state index contributed by atoms with van der Waals surface area (Å²) in [6, 6.07) is 6.05. The number of aromatic nitrogens is 1. The van der Waals surface area contributed by atoms with Crippen LogP contribution in [0.3, 0.4) is 0 Å². The van der Waals surface area contributed by atoms with Crippen LogP contribution in [-0.2, 0) is 12.8 Å². The first-order valence-electron chi connectivity index (χ1n) is 6.34. The Kier molecular flexibility index (Phi) is 3.66. The molecule has 2 heterocycles. The molecule has 4 nitrogen and oxygen atoms in total. The summed E-state index contributed by atoms with van der Waals surface area (Å²) in [6.45, 7) is 0. The van der Waals surface area contributed by atoms with Gasteiger partial charge in [-0.2, -0.15) is 0 Å². The highest BCUT2D eigenvalue weighted by molar-refractivity contribution is 6.30. The molecule has 1 aliphatic heterocycles. The van der Waals surface area contributed by atoms with E-state index < -0.39 is 0 Å². The Labute approximate surface area is 125 Å². The number of benzene rings is 1. The van der Waals surface area contributed by atoms with Crippen molar-refractivity contribution in [1.29, 1.82) is 0 Å². The van der Waals surface area contributed by atoms with Gasteiger partial charge in [-0.1, -0.05) is 16.8 Å². The molecule has 21 heavy (non-hydrogen) atoms. The first-order chi connectivity index (χ1) is 10.2. The van der Waals surface area contributed by atoms with Gasteiger partial charge in [-0.15, -0.1) is 0 Å². The molecule has 0 bridgehead atoms. The predicted octanol–water partition coefficient (Wildman–Crippen LogP) is 3.55. The molecule has 3 rings (SSSR count). The first-order valence-corrected chi connectivity index (χ1v) is 6.72. The maximum Gasteiger partial charge on any atom is 0.155 e. The van der Waals surface area contributed by atoms with Crippen molar-refractivity contribution in [2.45, 2.75) is 12.8 Å². The lowest BCUT2D eigenvalue weighted by Gasteiger charge is -2.10. The van der Waals surface area contributed by atoms with Gasteiger partial charge < -0.3 is 5.21 Å². The Balaban J connectivity index is 1.98. The number of halogens is 2. The summed E-state index contributed by atoms with van der Waals surface area (Å²) in [6.07, 6.45) is 4.10. The average molecular weight is 304 g/mol. The molecule has 0 spiro atoms. The first kappa shape index (κ1) is 13.7. The third kappa shape index (κ3) is 2.64. The molecule has 1 aromatic carbocycles. The molecule has 0 unspecified atom stereocenters. The molecule has 106 valence electrons. The molecule has 0 saturated carbocycles. The van der Waals surface area contributed by atoms with Crippen LogP contribution >= 0.6 is 11.6 Å². The van der Waals surface area contributed by atoms with Gasteiger partial charge in [0.05, 0.1) is 5.71 Å². The summed E-state index contributed by atoms with van der Waals surface area (Å²) in [5, 5.41) is 13.1. The van der Waals surface area contributed by atoms with Crippen LogP contribution in [0.4, 0.5) is 10.2 Å². The van der Waals surface area contributed by atoms with Gasteiger partial charge in [-0.3, -0.25) is 0 Å². The third-order valence-corrected chi connectivity index (χ3v) is 3.57. The topological polar surface area (TPSA) is 57.8 Å². The van der Waals surface area contributed by atoms with E-state index in [2.05, 4.69) is 15.1 Å². The van der Waals surface area contributed by atoms with E-state index in [1.54, 1.807) is 18.5 Å². The van der Waals surface area contributed by atoms with E-state index in [-0.39, 0.29) is 12.2 Å². The van der Waals surface area contributed by atoms with Crippen molar-refractivity contribution in [1.82, 2.24) is 4.98 Å². The molecular weight excluding hydrogens is 293 g/mol. The Morgan fingerprint density at radius 1 is 1.38 bits per heavy atom. The van der Waals surface area contributed by atoms with E-state index >= 15 is 0 Å². The van der Waals surface area contributed by atoms with Gasteiger partial charge in [-0.05, 0) is 29.8 Å². The van der Waals surface area contributed by atoms with Crippen LogP contribution in [0.5, 0.6) is 0 Å². The monoisotopic (exact) mass is 303 g/mol. The van der Waals surface area contributed by atoms with Gasteiger partial charge in [0.2, 0.25) is 0 Å². The number of aliphatic imine (C=N–C) groups is 1. The molecular formula is C15H11ClFN3O. The molecule has 0 fully saturated rings. The number of oxime groups is 1. The van der Waals surface area contributed by atoms with Gasteiger partial charge in [0.25, 0.3) is 0 Å². The molecule has 0 atom stereocenters. The number of fused-ring (bicyclic) bond motifs is 1. The molecule has 0 saturated heterocycles. The average Bonchev–Trinajstić information content (AvgIpc) is 2.96. The van der Waals surface area contributed by atoms with Gasteiger partial charge in [0, 0.05) is 41.4 Å². The molecule has 1 aliphatic rings. The van der Waals surface area contributed by atoms with Crippen molar-refractivity contribution in [2.75, 3.05) is 0 Å². The lowest BCUT2D eigenvalue weighted by Crippen LogP contribution is -2.10. The predicted molar refractivity (Wildman–Crippen MR) is 79.5 cm³/mol. The summed E-state index contributed by atoms with van der Waals surface area (Å²) in [7, 11) is 0. The highest BCUT2D eigenvalue weighted by Gasteiger charge is 2.18. The van der Waals surface area contributed by atoms with Gasteiger partial charge >= 0.3 is 0 Å². The van der Waals surface area contributed by atoms with Crippen molar-refractivity contribution in [3.05, 3.63) is 58.0 Å². The Morgan fingerprint density at radius 3 is 3.05 bits per heavy atom. The Hall–Kier alpha value is -2.27. The minimum absolute atomic E-state index is 0.138. The Bertz CT molecular complexity index is 759. The van der Waals surface area contributed by atoms with Crippen LogP contribution in [0.2, 0.25) is 5.02 Å². The zero-order valence-electron chi connectivity index (χ0n) is 10.9. The van der Waals surface area contributed by atoms with Crippen LogP contribution in [0.1, 0.15) is 16.7 Å². The molecule has 0 aliphatic carbocycles. The normalized spacial score (nSPS) is 13.5. The van der Waals surface area contributed by atoms with Gasteiger partial charge in [0.15, 0.2) is 5.82 Å². The minimum atomic E-state index is -0.387. The summed E-state index contributed by atoms with van der Waals surface area (Å²) >= 11 is 5.88. The number of hydrogen-bond donors (Lipinski definition) is 1. The number of rotatable bonds is 3. The van der Waals surface area contributed by atoms with Crippen molar-refractivity contribution in [3.8, 4) is 0 Å². The second-order valence-corrected chi connectivity index (χ2v) is 5.07. The summed E-state index contributed by atoms with van der Waals surface area (Å²) in [4.78, 5) is 8.29. The van der Waals surface area contributed by atoms with Crippen molar-refractivity contribution < 1.29 is 9.60 Å². The maximum atomic E-state index is 13.8. The Morgan fingerprint density at radius 2 is 2.24 bits per heavy atom. The number of pyridine rings is 1. The second-order valence-electron chi connectivity index (χ2n) is 4.64. The van der Waals surface area contributed by atoms with E-state index in [9.17, 15) is 9.60 Å². The second kappa shape index (κ2) is 5.61. The molecule has 2 aromatic rings. The number of nitrogens with zero attached hydrogens (tertiary/aromatic N) is 3. The van der Waals surface area contributed by atoms with Crippen LogP contribution in [0.15, 0.2) is 40.6 Å². The zero-order chi connectivity index (χ0) is 14.8. The van der Waals surface area contributed by atoms with Crippen LogP contribution < -0.4 is 0 Å². The maximum absolute atomic E-state index is 13.8. The molecule has 1 aromatic heterocycles. The lowest BCUT2D eigenvalue weighted by molar-refractivity contribution is 0.318. The number of hydrogen-bond acceptors (Lipinski definition) is 4. The highest BCUT2D eigenvalue weighted by Crippen LogP contribution is 2.26. The largest absolute Gasteiger partial charge is 0.411 e. The van der Waals surface area contributed by atoms with E-state index in [0.717, 1.165) is 11.1 Å². The summed E-state index contributed by atoms with van der Waals surface area (Å²) < 4.78 is 13.8. The SMILES string of the molecule is O/N=C(\Cc1cc(Cl)ccc1F)c1ccnc2c1CC=N2.